The summed E-state index contributed by atoms with van der Waals surface area (Å²) >= 11 is 4.99. The number of ether oxygens (including phenoxy) is 1. The van der Waals surface area contributed by atoms with Crippen molar-refractivity contribution in [2.45, 2.75) is 19.9 Å². The minimum Gasteiger partial charge on any atom is -0.381 e. The molecular weight excluding hydrogens is 202 g/mol. The predicted molar refractivity (Wildman–Crippen MR) is 53.8 cm³/mol. The van der Waals surface area contributed by atoms with Gasteiger partial charge in [0.05, 0.1) is 6.61 Å². The van der Waals surface area contributed by atoms with E-state index in [4.69, 9.17) is 17.0 Å². The van der Waals surface area contributed by atoms with Crippen LogP contribution in [0, 0.1) is 10.2 Å². The minimum absolute atomic E-state index is 0.0351. The van der Waals surface area contributed by atoms with Crippen LogP contribution in [0.15, 0.2) is 4.79 Å². The number of hydrogen-bond acceptors (Lipinski definition) is 3. The maximum Gasteiger partial charge on any atom is 0.342 e. The zero-order valence-electron chi connectivity index (χ0n) is 8.00. The summed E-state index contributed by atoms with van der Waals surface area (Å²) in [6.07, 6.45) is 0.972. The third kappa shape index (κ3) is 1.67. The molecule has 2 heterocycles. The van der Waals surface area contributed by atoms with E-state index in [2.05, 4.69) is 17.1 Å². The van der Waals surface area contributed by atoms with Gasteiger partial charge < -0.3 is 4.74 Å². The molecule has 0 saturated carbocycles. The molecule has 0 radical (unpaired) electrons. The van der Waals surface area contributed by atoms with Gasteiger partial charge in [-0.3, -0.25) is 9.67 Å². The Morgan fingerprint density at radius 3 is 2.93 bits per heavy atom. The van der Waals surface area contributed by atoms with Gasteiger partial charge in [-0.05, 0) is 18.6 Å². The van der Waals surface area contributed by atoms with Crippen LogP contribution in [0.3, 0.4) is 0 Å². The lowest BCUT2D eigenvalue weighted by Gasteiger charge is -2.20. The highest BCUT2D eigenvalue weighted by Gasteiger charge is 2.30. The first-order chi connectivity index (χ1) is 6.61. The highest BCUT2D eigenvalue weighted by atomic mass is 32.1. The second kappa shape index (κ2) is 3.36. The monoisotopic (exact) mass is 215 g/mol. The van der Waals surface area contributed by atoms with Crippen molar-refractivity contribution >= 4 is 12.2 Å². The fourth-order valence-corrected chi connectivity index (χ4v) is 1.89. The average Bonchev–Trinajstić information content (AvgIpc) is 2.68. The predicted octanol–water partition coefficient (Wildman–Crippen LogP) is 0.661. The van der Waals surface area contributed by atoms with Gasteiger partial charge in [-0.1, -0.05) is 6.92 Å². The first kappa shape index (κ1) is 9.67. The molecule has 0 amide bonds. The van der Waals surface area contributed by atoms with Crippen LogP contribution >= 0.6 is 12.2 Å². The molecule has 1 aliphatic heterocycles. The zero-order valence-corrected chi connectivity index (χ0v) is 8.82. The number of H-pyrrole nitrogens is 2. The van der Waals surface area contributed by atoms with E-state index in [0.717, 1.165) is 13.0 Å². The summed E-state index contributed by atoms with van der Waals surface area (Å²) in [5.41, 5.74) is -0.143. The first-order valence-electron chi connectivity index (χ1n) is 4.56. The molecule has 2 N–H and O–H groups in total. The summed E-state index contributed by atoms with van der Waals surface area (Å²) in [4.78, 5) is 11.3. The van der Waals surface area contributed by atoms with Crippen molar-refractivity contribution in [3.8, 4) is 0 Å². The second-order valence-corrected chi connectivity index (χ2v) is 4.45. The normalized spacial score (nSPS) is 26.9. The molecule has 1 aromatic heterocycles. The quantitative estimate of drug-likeness (QED) is 0.712. The van der Waals surface area contributed by atoms with Gasteiger partial charge in [-0.15, -0.1) is 0 Å². The summed E-state index contributed by atoms with van der Waals surface area (Å²) < 4.78 is 7.31. The van der Waals surface area contributed by atoms with Crippen LogP contribution < -0.4 is 5.69 Å². The van der Waals surface area contributed by atoms with Gasteiger partial charge in [-0.2, -0.15) is 0 Å². The molecule has 1 aliphatic rings. The van der Waals surface area contributed by atoms with Gasteiger partial charge in [-0.25, -0.2) is 9.89 Å². The van der Waals surface area contributed by atoms with Crippen LogP contribution in [0.4, 0.5) is 0 Å². The van der Waals surface area contributed by atoms with Gasteiger partial charge in [0.25, 0.3) is 0 Å². The summed E-state index contributed by atoms with van der Waals surface area (Å²) in [7, 11) is 0. The van der Waals surface area contributed by atoms with Crippen LogP contribution in [-0.2, 0) is 11.3 Å². The van der Waals surface area contributed by atoms with Gasteiger partial charge in [0.2, 0.25) is 0 Å². The smallest absolute Gasteiger partial charge is 0.342 e. The Kier molecular flexibility index (Phi) is 2.32. The fourth-order valence-electron chi connectivity index (χ4n) is 1.69. The SMILES string of the molecule is CC1(Cn2c(=O)[nH][nH]c2=S)CCOC1. The fraction of sp³-hybridized carbons (Fsp3) is 0.750. The van der Waals surface area contributed by atoms with Crippen LogP contribution in [0.5, 0.6) is 0 Å². The van der Waals surface area contributed by atoms with Gasteiger partial charge in [0, 0.05) is 18.6 Å². The number of rotatable bonds is 2. The molecule has 0 aromatic carbocycles. The summed E-state index contributed by atoms with van der Waals surface area (Å²) in [5.74, 6) is 0. The lowest BCUT2D eigenvalue weighted by Crippen LogP contribution is -2.29. The zero-order chi connectivity index (χ0) is 10.2. The lowest BCUT2D eigenvalue weighted by molar-refractivity contribution is 0.149. The van der Waals surface area contributed by atoms with Crippen LogP contribution in [0.2, 0.25) is 0 Å². The Labute approximate surface area is 86.1 Å². The Morgan fingerprint density at radius 2 is 2.43 bits per heavy atom. The third-order valence-corrected chi connectivity index (χ3v) is 2.93. The molecule has 0 spiro atoms. The second-order valence-electron chi connectivity index (χ2n) is 4.06. The summed E-state index contributed by atoms with van der Waals surface area (Å²) in [6, 6.07) is 0. The standard InChI is InChI=1S/C8H13N3O2S/c1-8(2-3-13-5-8)4-11-6(12)9-10-7(11)14/h2-5H2,1H3,(H,9,12)(H,10,14). The minimum atomic E-state index is -0.178. The van der Waals surface area contributed by atoms with Crippen molar-refractivity contribution in [1.82, 2.24) is 14.8 Å². The van der Waals surface area contributed by atoms with Crippen molar-refractivity contribution in [1.29, 1.82) is 0 Å². The molecule has 78 valence electrons. The number of nitrogens with one attached hydrogen (secondary N) is 2. The van der Waals surface area contributed by atoms with Crippen molar-refractivity contribution in [3.05, 3.63) is 15.3 Å². The van der Waals surface area contributed by atoms with Crippen LogP contribution in [0.25, 0.3) is 0 Å². The Hall–Kier alpha value is -0.880. The molecule has 1 saturated heterocycles. The van der Waals surface area contributed by atoms with Gasteiger partial charge >= 0.3 is 5.69 Å². The van der Waals surface area contributed by atoms with Crippen LogP contribution in [0.1, 0.15) is 13.3 Å². The average molecular weight is 215 g/mol. The largest absolute Gasteiger partial charge is 0.381 e. The van der Waals surface area contributed by atoms with Crippen molar-refractivity contribution < 1.29 is 4.74 Å². The van der Waals surface area contributed by atoms with Gasteiger partial charge in [0.1, 0.15) is 0 Å². The molecule has 2 rings (SSSR count). The van der Waals surface area contributed by atoms with Crippen molar-refractivity contribution in [3.63, 3.8) is 0 Å². The molecule has 6 heteroatoms. The highest BCUT2D eigenvalue weighted by Crippen LogP contribution is 2.29. The molecule has 1 atom stereocenters. The van der Waals surface area contributed by atoms with Gasteiger partial charge in [0.15, 0.2) is 4.77 Å². The maximum atomic E-state index is 11.3. The van der Waals surface area contributed by atoms with E-state index in [-0.39, 0.29) is 11.1 Å². The molecule has 5 nitrogen and oxygen atoms in total. The summed E-state index contributed by atoms with van der Waals surface area (Å²) in [6.45, 7) is 4.18. The first-order valence-corrected chi connectivity index (χ1v) is 4.97. The molecule has 1 aromatic rings. The highest BCUT2D eigenvalue weighted by molar-refractivity contribution is 7.71. The number of nitrogens with zero attached hydrogens (tertiary/aromatic N) is 1. The number of aromatic nitrogens is 3. The van der Waals surface area contributed by atoms with E-state index >= 15 is 0 Å². The van der Waals surface area contributed by atoms with Crippen LogP contribution in [-0.4, -0.2) is 28.0 Å². The Morgan fingerprint density at radius 1 is 1.64 bits per heavy atom. The van der Waals surface area contributed by atoms with E-state index < -0.39 is 0 Å². The topological polar surface area (TPSA) is 62.8 Å². The van der Waals surface area contributed by atoms with E-state index in [1.807, 2.05) is 0 Å². The third-order valence-electron chi connectivity index (χ3n) is 2.61. The number of hydrogen-bond donors (Lipinski definition) is 2. The number of aromatic amines is 2. The molecule has 14 heavy (non-hydrogen) atoms. The van der Waals surface area contributed by atoms with E-state index in [1.165, 1.54) is 0 Å². The molecule has 0 aliphatic carbocycles. The molecule has 1 unspecified atom stereocenters. The van der Waals surface area contributed by atoms with Crippen molar-refractivity contribution in [2.24, 2.45) is 5.41 Å². The lowest BCUT2D eigenvalue weighted by atomic mass is 9.90. The van der Waals surface area contributed by atoms with E-state index in [9.17, 15) is 4.79 Å². The summed E-state index contributed by atoms with van der Waals surface area (Å²) in [5, 5.41) is 5.09. The molecule has 0 bridgehead atoms. The Bertz CT molecular complexity index is 397. The maximum absolute atomic E-state index is 11.3. The molecular formula is C8H13N3O2S. The van der Waals surface area contributed by atoms with E-state index in [0.29, 0.717) is 17.9 Å². The molecule has 1 fully saturated rings. The van der Waals surface area contributed by atoms with E-state index in [1.54, 1.807) is 4.57 Å². The van der Waals surface area contributed by atoms with Crippen molar-refractivity contribution in [2.75, 3.05) is 13.2 Å². The Balaban J connectivity index is 2.26.